The van der Waals surface area contributed by atoms with Crippen molar-refractivity contribution in [1.82, 2.24) is 10.5 Å². The topological polar surface area (TPSA) is 67.2 Å². The highest BCUT2D eigenvalue weighted by atomic mass is 35.5. The average Bonchev–Trinajstić information content (AvgIpc) is 3.06. The van der Waals surface area contributed by atoms with Crippen LogP contribution in [-0.4, -0.2) is 11.2 Å². The molecule has 0 unspecified atom stereocenters. The van der Waals surface area contributed by atoms with Gasteiger partial charge in [-0.05, 0) is 12.1 Å². The van der Waals surface area contributed by atoms with Crippen molar-refractivity contribution in [3.05, 3.63) is 70.4 Å². The van der Waals surface area contributed by atoms with Gasteiger partial charge in [0, 0.05) is 11.6 Å². The van der Waals surface area contributed by atoms with E-state index < -0.39 is 6.03 Å². The molecule has 1 heterocycles. The van der Waals surface area contributed by atoms with Crippen LogP contribution in [0.2, 0.25) is 10.0 Å². The predicted octanol–water partition coefficient (Wildman–Crippen LogP) is 4.97. The SMILES string of the molecule is O=C(NCc1cc(-c2ccccc2)no1)Nc1c(Cl)cccc1Cl. The second kappa shape index (κ2) is 7.38. The highest BCUT2D eigenvalue weighted by molar-refractivity contribution is 6.39. The number of rotatable bonds is 4. The first-order valence-electron chi connectivity index (χ1n) is 7.13. The standard InChI is InChI=1S/C17H13Cl2N3O2/c18-13-7-4-8-14(19)16(13)21-17(23)20-10-12-9-15(22-24-12)11-5-2-1-3-6-11/h1-9H,10H2,(H2,20,21,23). The number of nitrogens with zero attached hydrogens (tertiary/aromatic N) is 1. The maximum atomic E-state index is 12.0. The van der Waals surface area contributed by atoms with Crippen LogP contribution in [0.25, 0.3) is 11.3 Å². The van der Waals surface area contributed by atoms with E-state index in [2.05, 4.69) is 15.8 Å². The first kappa shape index (κ1) is 16.4. The molecule has 0 saturated heterocycles. The van der Waals surface area contributed by atoms with Crippen LogP contribution >= 0.6 is 23.2 Å². The van der Waals surface area contributed by atoms with Gasteiger partial charge >= 0.3 is 6.03 Å². The third-order valence-electron chi connectivity index (χ3n) is 3.25. The van der Waals surface area contributed by atoms with Gasteiger partial charge in [-0.25, -0.2) is 4.79 Å². The van der Waals surface area contributed by atoms with Crippen LogP contribution in [0.3, 0.4) is 0 Å². The molecule has 0 spiro atoms. The van der Waals surface area contributed by atoms with E-state index in [4.69, 9.17) is 27.7 Å². The van der Waals surface area contributed by atoms with Crippen LogP contribution in [0, 0.1) is 0 Å². The Balaban J connectivity index is 1.60. The Hall–Kier alpha value is -2.50. The molecule has 2 N–H and O–H groups in total. The maximum Gasteiger partial charge on any atom is 0.319 e. The maximum absolute atomic E-state index is 12.0. The van der Waals surface area contributed by atoms with Crippen molar-refractivity contribution in [3.63, 3.8) is 0 Å². The van der Waals surface area contributed by atoms with E-state index in [0.29, 0.717) is 27.2 Å². The molecule has 0 atom stereocenters. The molecule has 0 bridgehead atoms. The third-order valence-corrected chi connectivity index (χ3v) is 3.88. The van der Waals surface area contributed by atoms with Gasteiger partial charge in [0.2, 0.25) is 0 Å². The zero-order valence-electron chi connectivity index (χ0n) is 12.4. The summed E-state index contributed by atoms with van der Waals surface area (Å²) in [6.07, 6.45) is 0. The molecule has 0 aliphatic heterocycles. The molecule has 0 radical (unpaired) electrons. The average molecular weight is 362 g/mol. The lowest BCUT2D eigenvalue weighted by Crippen LogP contribution is -2.28. The van der Waals surface area contributed by atoms with E-state index in [1.54, 1.807) is 24.3 Å². The first-order valence-corrected chi connectivity index (χ1v) is 7.89. The fourth-order valence-corrected chi connectivity index (χ4v) is 2.58. The number of carbonyl (C=O) groups is 1. The zero-order chi connectivity index (χ0) is 16.9. The van der Waals surface area contributed by atoms with Gasteiger partial charge in [0.1, 0.15) is 5.69 Å². The van der Waals surface area contributed by atoms with Crippen molar-refractivity contribution in [1.29, 1.82) is 0 Å². The number of nitrogens with one attached hydrogen (secondary N) is 2. The minimum atomic E-state index is -0.442. The van der Waals surface area contributed by atoms with Crippen LogP contribution in [-0.2, 0) is 6.54 Å². The van der Waals surface area contributed by atoms with Crippen molar-refractivity contribution in [2.75, 3.05) is 5.32 Å². The Morgan fingerprint density at radius 3 is 2.46 bits per heavy atom. The van der Waals surface area contributed by atoms with E-state index in [0.717, 1.165) is 5.56 Å². The number of amides is 2. The van der Waals surface area contributed by atoms with Gasteiger partial charge < -0.3 is 15.2 Å². The lowest BCUT2D eigenvalue weighted by Gasteiger charge is -2.09. The zero-order valence-corrected chi connectivity index (χ0v) is 13.9. The number of anilines is 1. The number of para-hydroxylation sites is 1. The molecule has 0 aliphatic carbocycles. The van der Waals surface area contributed by atoms with E-state index in [9.17, 15) is 4.79 Å². The molecule has 5 nitrogen and oxygen atoms in total. The molecule has 2 aromatic carbocycles. The molecule has 0 aliphatic rings. The number of urea groups is 1. The number of benzene rings is 2. The fraction of sp³-hybridized carbons (Fsp3) is 0.0588. The smallest absolute Gasteiger partial charge is 0.319 e. The molecule has 122 valence electrons. The largest absolute Gasteiger partial charge is 0.359 e. The summed E-state index contributed by atoms with van der Waals surface area (Å²) in [4.78, 5) is 12.0. The van der Waals surface area contributed by atoms with Crippen molar-refractivity contribution in [2.45, 2.75) is 6.54 Å². The number of aromatic nitrogens is 1. The first-order chi connectivity index (χ1) is 11.6. The number of hydrogen-bond acceptors (Lipinski definition) is 3. The summed E-state index contributed by atoms with van der Waals surface area (Å²) in [7, 11) is 0. The van der Waals surface area contributed by atoms with Crippen molar-refractivity contribution < 1.29 is 9.32 Å². The highest BCUT2D eigenvalue weighted by Gasteiger charge is 2.11. The Morgan fingerprint density at radius 1 is 1.04 bits per heavy atom. The van der Waals surface area contributed by atoms with E-state index >= 15 is 0 Å². The molecule has 0 saturated carbocycles. The second-order valence-electron chi connectivity index (χ2n) is 4.95. The van der Waals surface area contributed by atoms with Gasteiger partial charge in [0.25, 0.3) is 0 Å². The quantitative estimate of drug-likeness (QED) is 0.689. The van der Waals surface area contributed by atoms with Crippen LogP contribution in [0.1, 0.15) is 5.76 Å². The Bertz CT molecular complexity index is 830. The van der Waals surface area contributed by atoms with Gasteiger partial charge in [-0.15, -0.1) is 0 Å². The summed E-state index contributed by atoms with van der Waals surface area (Å²) in [5.41, 5.74) is 2.02. The lowest BCUT2D eigenvalue weighted by molar-refractivity contribution is 0.250. The second-order valence-corrected chi connectivity index (χ2v) is 5.76. The summed E-state index contributed by atoms with van der Waals surface area (Å²) in [6.45, 7) is 0.188. The summed E-state index contributed by atoms with van der Waals surface area (Å²) >= 11 is 12.0. The lowest BCUT2D eigenvalue weighted by atomic mass is 10.1. The predicted molar refractivity (Wildman–Crippen MR) is 94.3 cm³/mol. The van der Waals surface area contributed by atoms with Crippen LogP contribution < -0.4 is 10.6 Å². The molecule has 1 aromatic heterocycles. The van der Waals surface area contributed by atoms with E-state index in [1.165, 1.54) is 0 Å². The van der Waals surface area contributed by atoms with Gasteiger partial charge in [0.15, 0.2) is 5.76 Å². The Morgan fingerprint density at radius 2 is 1.75 bits per heavy atom. The van der Waals surface area contributed by atoms with Gasteiger partial charge in [-0.3, -0.25) is 0 Å². The number of hydrogen-bond donors (Lipinski definition) is 2. The molecule has 3 aromatic rings. The minimum Gasteiger partial charge on any atom is -0.359 e. The number of carbonyl (C=O) groups excluding carboxylic acids is 1. The van der Waals surface area contributed by atoms with Crippen LogP contribution in [0.5, 0.6) is 0 Å². The molecule has 3 rings (SSSR count). The van der Waals surface area contributed by atoms with Crippen LogP contribution in [0.15, 0.2) is 59.1 Å². The fourth-order valence-electron chi connectivity index (χ4n) is 2.08. The highest BCUT2D eigenvalue weighted by Crippen LogP contribution is 2.29. The Kier molecular flexibility index (Phi) is 5.03. The summed E-state index contributed by atoms with van der Waals surface area (Å²) in [5, 5.41) is 9.99. The molecule has 0 fully saturated rings. The van der Waals surface area contributed by atoms with Crippen molar-refractivity contribution in [2.24, 2.45) is 0 Å². The molecule has 7 heteroatoms. The third kappa shape index (κ3) is 3.88. The Labute approximate surface area is 148 Å². The summed E-state index contributed by atoms with van der Waals surface area (Å²) < 4.78 is 5.22. The van der Waals surface area contributed by atoms with E-state index in [1.807, 2.05) is 30.3 Å². The normalized spacial score (nSPS) is 10.4. The van der Waals surface area contributed by atoms with E-state index in [-0.39, 0.29) is 6.54 Å². The van der Waals surface area contributed by atoms with Gasteiger partial charge in [-0.2, -0.15) is 0 Å². The number of halogens is 2. The summed E-state index contributed by atoms with van der Waals surface area (Å²) in [6, 6.07) is 16.0. The summed E-state index contributed by atoms with van der Waals surface area (Å²) in [5.74, 6) is 0.536. The minimum absolute atomic E-state index is 0.188. The molecular formula is C17H13Cl2N3O2. The van der Waals surface area contributed by atoms with Crippen LogP contribution in [0.4, 0.5) is 10.5 Å². The van der Waals surface area contributed by atoms with Crippen molar-refractivity contribution >= 4 is 34.9 Å². The van der Waals surface area contributed by atoms with Crippen molar-refractivity contribution in [3.8, 4) is 11.3 Å². The van der Waals surface area contributed by atoms with Gasteiger partial charge in [0.05, 0.1) is 22.3 Å². The molecule has 24 heavy (non-hydrogen) atoms. The van der Waals surface area contributed by atoms with Gasteiger partial charge in [-0.1, -0.05) is 64.8 Å². The monoisotopic (exact) mass is 361 g/mol. The molecular weight excluding hydrogens is 349 g/mol. The molecule has 2 amide bonds.